The van der Waals surface area contributed by atoms with E-state index in [1.165, 1.54) is 6.20 Å². The van der Waals surface area contributed by atoms with Crippen molar-refractivity contribution in [2.75, 3.05) is 23.8 Å². The van der Waals surface area contributed by atoms with Crippen LogP contribution in [0.25, 0.3) is 0 Å². The van der Waals surface area contributed by atoms with Crippen LogP contribution in [-0.4, -0.2) is 29.5 Å². The summed E-state index contributed by atoms with van der Waals surface area (Å²) in [4.78, 5) is 21.0. The number of aromatic nitrogens is 2. The fourth-order valence-electron chi connectivity index (χ4n) is 1.32. The van der Waals surface area contributed by atoms with Crippen molar-refractivity contribution >= 4 is 29.0 Å². The van der Waals surface area contributed by atoms with Crippen LogP contribution in [0.5, 0.6) is 0 Å². The maximum absolute atomic E-state index is 11.2. The number of halogens is 1. The van der Waals surface area contributed by atoms with Crippen molar-refractivity contribution in [3.8, 4) is 0 Å². The Labute approximate surface area is 86.1 Å². The highest BCUT2D eigenvalue weighted by Crippen LogP contribution is 2.25. The highest BCUT2D eigenvalue weighted by atomic mass is 35.5. The van der Waals surface area contributed by atoms with Gasteiger partial charge in [0.2, 0.25) is 11.2 Å². The SMILES string of the molecule is CN1CCC(=O)Nc2cnc(Cl)nc21. The molecule has 0 fully saturated rings. The zero-order chi connectivity index (χ0) is 10.1. The molecule has 5 nitrogen and oxygen atoms in total. The summed E-state index contributed by atoms with van der Waals surface area (Å²) in [6.07, 6.45) is 1.97. The van der Waals surface area contributed by atoms with E-state index in [2.05, 4.69) is 15.3 Å². The van der Waals surface area contributed by atoms with Gasteiger partial charge in [0.05, 0.1) is 6.20 Å². The van der Waals surface area contributed by atoms with E-state index in [9.17, 15) is 4.79 Å². The quantitative estimate of drug-likeness (QED) is 0.650. The number of rotatable bonds is 0. The summed E-state index contributed by atoms with van der Waals surface area (Å²) in [6.45, 7) is 0.631. The van der Waals surface area contributed by atoms with E-state index in [0.717, 1.165) is 0 Å². The molecule has 0 aliphatic carbocycles. The van der Waals surface area contributed by atoms with Gasteiger partial charge in [0.1, 0.15) is 5.69 Å². The van der Waals surface area contributed by atoms with Crippen LogP contribution < -0.4 is 10.2 Å². The van der Waals surface area contributed by atoms with Gasteiger partial charge in [-0.05, 0) is 11.6 Å². The number of carbonyl (C=O) groups excluding carboxylic acids is 1. The first-order chi connectivity index (χ1) is 6.66. The van der Waals surface area contributed by atoms with E-state index in [1.807, 2.05) is 11.9 Å². The van der Waals surface area contributed by atoms with Crippen LogP contribution in [0.3, 0.4) is 0 Å². The Balaban J connectivity index is 2.46. The summed E-state index contributed by atoms with van der Waals surface area (Å²) >= 11 is 5.67. The summed E-state index contributed by atoms with van der Waals surface area (Å²) in [6, 6.07) is 0. The number of amides is 1. The lowest BCUT2D eigenvalue weighted by Crippen LogP contribution is -2.19. The van der Waals surface area contributed by atoms with Crippen molar-refractivity contribution < 1.29 is 4.79 Å². The molecule has 0 saturated heterocycles. The van der Waals surface area contributed by atoms with Gasteiger partial charge in [-0.1, -0.05) is 0 Å². The summed E-state index contributed by atoms with van der Waals surface area (Å²) in [7, 11) is 1.86. The van der Waals surface area contributed by atoms with Crippen LogP contribution in [0, 0.1) is 0 Å². The van der Waals surface area contributed by atoms with Crippen molar-refractivity contribution in [2.45, 2.75) is 6.42 Å². The molecule has 0 saturated carbocycles. The van der Waals surface area contributed by atoms with Crippen LogP contribution >= 0.6 is 11.6 Å². The van der Waals surface area contributed by atoms with Crippen LogP contribution in [0.4, 0.5) is 11.5 Å². The first-order valence-electron chi connectivity index (χ1n) is 4.20. The van der Waals surface area contributed by atoms with Gasteiger partial charge in [-0.25, -0.2) is 4.98 Å². The lowest BCUT2D eigenvalue weighted by Gasteiger charge is -2.15. The van der Waals surface area contributed by atoms with E-state index < -0.39 is 0 Å². The van der Waals surface area contributed by atoms with Crippen LogP contribution in [0.1, 0.15) is 6.42 Å². The Morgan fingerprint density at radius 3 is 3.21 bits per heavy atom. The number of hydrogen-bond acceptors (Lipinski definition) is 4. The summed E-state index contributed by atoms with van der Waals surface area (Å²) in [5.41, 5.74) is 0.611. The molecule has 0 unspecified atom stereocenters. The molecular formula is C8H9ClN4O. The zero-order valence-electron chi connectivity index (χ0n) is 7.62. The first-order valence-corrected chi connectivity index (χ1v) is 4.58. The third-order valence-corrected chi connectivity index (χ3v) is 2.23. The molecule has 14 heavy (non-hydrogen) atoms. The lowest BCUT2D eigenvalue weighted by atomic mass is 10.4. The smallest absolute Gasteiger partial charge is 0.226 e. The highest BCUT2D eigenvalue weighted by Gasteiger charge is 2.18. The molecule has 2 heterocycles. The van der Waals surface area contributed by atoms with Gasteiger partial charge in [0.15, 0.2) is 5.82 Å². The molecule has 74 valence electrons. The minimum atomic E-state index is -0.0264. The van der Waals surface area contributed by atoms with Gasteiger partial charge in [-0.15, -0.1) is 0 Å². The number of nitrogens with one attached hydrogen (secondary N) is 1. The number of hydrogen-bond donors (Lipinski definition) is 1. The molecule has 0 atom stereocenters. The number of anilines is 2. The van der Waals surface area contributed by atoms with Crippen molar-refractivity contribution in [1.82, 2.24) is 9.97 Å². The number of nitrogens with zero attached hydrogens (tertiary/aromatic N) is 3. The van der Waals surface area contributed by atoms with Crippen molar-refractivity contribution in [3.05, 3.63) is 11.5 Å². The first kappa shape index (κ1) is 9.21. The molecule has 6 heteroatoms. The second-order valence-electron chi connectivity index (χ2n) is 3.10. The topological polar surface area (TPSA) is 58.1 Å². The Morgan fingerprint density at radius 1 is 1.64 bits per heavy atom. The van der Waals surface area contributed by atoms with Gasteiger partial charge < -0.3 is 10.2 Å². The van der Waals surface area contributed by atoms with Gasteiger partial charge in [-0.2, -0.15) is 4.98 Å². The second kappa shape index (κ2) is 3.42. The normalized spacial score (nSPS) is 15.9. The van der Waals surface area contributed by atoms with Crippen LogP contribution in [0.2, 0.25) is 5.28 Å². The number of fused-ring (bicyclic) bond motifs is 1. The summed E-state index contributed by atoms with van der Waals surface area (Å²) in [5, 5.41) is 2.90. The van der Waals surface area contributed by atoms with E-state index in [0.29, 0.717) is 24.5 Å². The Morgan fingerprint density at radius 2 is 2.43 bits per heavy atom. The predicted octanol–water partition coefficient (Wildman–Crippen LogP) is 0.908. The van der Waals surface area contributed by atoms with Crippen molar-refractivity contribution in [1.29, 1.82) is 0 Å². The molecule has 2 rings (SSSR count). The minimum absolute atomic E-state index is 0.0264. The van der Waals surface area contributed by atoms with E-state index >= 15 is 0 Å². The number of carbonyl (C=O) groups is 1. The molecule has 1 aliphatic rings. The summed E-state index contributed by atoms with van der Waals surface area (Å²) in [5.74, 6) is 0.636. The maximum Gasteiger partial charge on any atom is 0.226 e. The molecule has 0 bridgehead atoms. The molecule has 0 spiro atoms. The van der Waals surface area contributed by atoms with Gasteiger partial charge in [-0.3, -0.25) is 4.79 Å². The monoisotopic (exact) mass is 212 g/mol. The van der Waals surface area contributed by atoms with Gasteiger partial charge >= 0.3 is 0 Å². The predicted molar refractivity (Wildman–Crippen MR) is 53.6 cm³/mol. The Kier molecular flexibility index (Phi) is 2.25. The fraction of sp³-hybridized carbons (Fsp3) is 0.375. The zero-order valence-corrected chi connectivity index (χ0v) is 8.38. The second-order valence-corrected chi connectivity index (χ2v) is 3.43. The average Bonchev–Trinajstić information content (AvgIpc) is 2.29. The molecule has 0 aromatic carbocycles. The maximum atomic E-state index is 11.2. The molecular weight excluding hydrogens is 204 g/mol. The molecule has 1 aromatic rings. The van der Waals surface area contributed by atoms with Crippen molar-refractivity contribution in [3.63, 3.8) is 0 Å². The largest absolute Gasteiger partial charge is 0.357 e. The van der Waals surface area contributed by atoms with E-state index in [-0.39, 0.29) is 11.2 Å². The third kappa shape index (κ3) is 1.63. The minimum Gasteiger partial charge on any atom is -0.357 e. The van der Waals surface area contributed by atoms with Crippen LogP contribution in [0.15, 0.2) is 6.20 Å². The Hall–Kier alpha value is -1.36. The molecule has 1 aliphatic heterocycles. The fourth-order valence-corrected chi connectivity index (χ4v) is 1.45. The molecule has 1 N–H and O–H groups in total. The van der Waals surface area contributed by atoms with Gasteiger partial charge in [0, 0.05) is 20.0 Å². The van der Waals surface area contributed by atoms with E-state index in [1.54, 1.807) is 0 Å². The third-order valence-electron chi connectivity index (χ3n) is 2.05. The molecule has 1 amide bonds. The highest BCUT2D eigenvalue weighted by molar-refractivity contribution is 6.28. The van der Waals surface area contributed by atoms with E-state index in [4.69, 9.17) is 11.6 Å². The van der Waals surface area contributed by atoms with Crippen molar-refractivity contribution in [2.24, 2.45) is 0 Å². The lowest BCUT2D eigenvalue weighted by molar-refractivity contribution is -0.115. The summed E-state index contributed by atoms with van der Waals surface area (Å²) < 4.78 is 0. The molecule has 0 radical (unpaired) electrons. The molecule has 1 aromatic heterocycles. The Bertz CT molecular complexity index is 382. The van der Waals surface area contributed by atoms with Gasteiger partial charge in [0.25, 0.3) is 0 Å². The standard InChI is InChI=1S/C8H9ClN4O/c1-13-3-2-6(14)11-5-4-10-8(9)12-7(5)13/h4H,2-3H2,1H3,(H,11,14). The van der Waals surface area contributed by atoms with Crippen LogP contribution in [-0.2, 0) is 4.79 Å². The average molecular weight is 213 g/mol.